The van der Waals surface area contributed by atoms with Gasteiger partial charge in [-0.05, 0) is 67.4 Å². The minimum absolute atomic E-state index is 0.00714. The van der Waals surface area contributed by atoms with Crippen LogP contribution in [0.15, 0.2) is 60.7 Å². The van der Waals surface area contributed by atoms with Crippen molar-refractivity contribution in [3.05, 3.63) is 109 Å². The largest absolute Gasteiger partial charge is 0.490 e. The van der Waals surface area contributed by atoms with Gasteiger partial charge < -0.3 is 28.4 Å². The van der Waals surface area contributed by atoms with Gasteiger partial charge in [-0.25, -0.2) is 9.59 Å². The van der Waals surface area contributed by atoms with Crippen LogP contribution in [0.25, 0.3) is 0 Å². The van der Waals surface area contributed by atoms with Crippen LogP contribution >= 0.6 is 58.2 Å². The van der Waals surface area contributed by atoms with Gasteiger partial charge in [-0.2, -0.15) is 0 Å². The molecule has 1 fully saturated rings. The van der Waals surface area contributed by atoms with Crippen molar-refractivity contribution in [1.29, 1.82) is 0 Å². The second-order valence-corrected chi connectivity index (χ2v) is 14.8. The molecule has 0 saturated carbocycles. The summed E-state index contributed by atoms with van der Waals surface area (Å²) in [7, 11) is 2.76. The Morgan fingerprint density at radius 2 is 1.42 bits per heavy atom. The Balaban J connectivity index is 1.31. The smallest absolute Gasteiger partial charge is 0.343 e. The summed E-state index contributed by atoms with van der Waals surface area (Å²) < 4.78 is 36.0. The number of thioether (sulfide) groups is 1. The lowest BCUT2D eigenvalue weighted by atomic mass is 9.93. The normalized spacial score (nSPS) is 17.7. The van der Waals surface area contributed by atoms with Crippen molar-refractivity contribution in [2.45, 2.75) is 37.2 Å². The highest BCUT2D eigenvalue weighted by atomic mass is 35.5. The van der Waals surface area contributed by atoms with Crippen molar-refractivity contribution >= 4 is 81.3 Å². The molecule has 0 aliphatic carbocycles. The molecule has 11 nitrogen and oxygen atoms in total. The fraction of sp³-hybridized carbons (Fsp3) is 0.243. The zero-order valence-corrected chi connectivity index (χ0v) is 32.0. The van der Waals surface area contributed by atoms with Gasteiger partial charge in [-0.15, -0.1) is 0 Å². The maximum absolute atomic E-state index is 13.6. The first-order chi connectivity index (χ1) is 25.3. The van der Waals surface area contributed by atoms with Crippen molar-refractivity contribution in [3.63, 3.8) is 0 Å². The highest BCUT2D eigenvalue weighted by molar-refractivity contribution is 8.15. The number of carbonyl (C=O) groups is 4. The van der Waals surface area contributed by atoms with Crippen molar-refractivity contribution in [2.24, 2.45) is 0 Å². The van der Waals surface area contributed by atoms with Gasteiger partial charge in [-0.3, -0.25) is 14.9 Å². The molecule has 0 aromatic heterocycles. The summed E-state index contributed by atoms with van der Waals surface area (Å²) in [4.78, 5) is 50.5. The van der Waals surface area contributed by atoms with Gasteiger partial charge in [0.2, 0.25) is 17.4 Å². The SMILES string of the molecule is COc1c(OC(=O)c2cc(Cl)cc(Cl)c2)c(C)c2c(c1OC)OC(COc1ccc(CC3SC(=O)NC3=O)cc1)CC2OC(=O)c1cc(Cl)cc(Cl)c1. The van der Waals surface area contributed by atoms with Crippen LogP contribution in [-0.2, 0) is 16.0 Å². The van der Waals surface area contributed by atoms with E-state index in [-0.39, 0.29) is 78.4 Å². The average molecular weight is 822 g/mol. The Morgan fingerprint density at radius 1 is 0.830 bits per heavy atom. The van der Waals surface area contributed by atoms with Crippen LogP contribution in [-0.4, -0.2) is 55.3 Å². The fourth-order valence-corrected chi connectivity index (χ4v) is 7.83. The summed E-state index contributed by atoms with van der Waals surface area (Å²) in [5.74, 6) is -1.01. The van der Waals surface area contributed by atoms with Crippen LogP contribution in [0, 0.1) is 6.92 Å². The summed E-state index contributed by atoms with van der Waals surface area (Å²) in [5.41, 5.74) is 1.78. The number of benzene rings is 4. The van der Waals surface area contributed by atoms with Crippen LogP contribution < -0.4 is 29.0 Å². The molecule has 4 aromatic rings. The minimum atomic E-state index is -0.976. The van der Waals surface area contributed by atoms with Crippen molar-refractivity contribution < 1.29 is 47.6 Å². The topological polar surface area (TPSA) is 136 Å². The van der Waals surface area contributed by atoms with E-state index >= 15 is 0 Å². The lowest BCUT2D eigenvalue weighted by Gasteiger charge is -2.35. The predicted molar refractivity (Wildman–Crippen MR) is 200 cm³/mol. The third-order valence-corrected chi connectivity index (χ3v) is 10.1. The van der Waals surface area contributed by atoms with Gasteiger partial charge in [0.15, 0.2) is 11.5 Å². The van der Waals surface area contributed by atoms with E-state index in [9.17, 15) is 19.2 Å². The summed E-state index contributed by atoms with van der Waals surface area (Å²) in [6.45, 7) is 1.68. The predicted octanol–water partition coefficient (Wildman–Crippen LogP) is 8.87. The molecule has 2 aliphatic rings. The lowest BCUT2D eigenvalue weighted by Crippen LogP contribution is -2.34. The number of carbonyl (C=O) groups excluding carboxylic acids is 4. The van der Waals surface area contributed by atoms with Crippen molar-refractivity contribution in [2.75, 3.05) is 20.8 Å². The Morgan fingerprint density at radius 3 is 1.96 bits per heavy atom. The quantitative estimate of drug-likeness (QED) is 0.115. The van der Waals surface area contributed by atoms with Gasteiger partial charge in [-0.1, -0.05) is 70.3 Å². The van der Waals surface area contributed by atoms with E-state index in [4.69, 9.17) is 74.8 Å². The second kappa shape index (κ2) is 16.4. The molecule has 4 aromatic carbocycles. The Labute approximate surface area is 328 Å². The van der Waals surface area contributed by atoms with Gasteiger partial charge in [0.05, 0.1) is 30.6 Å². The Kier molecular flexibility index (Phi) is 11.9. The number of hydrogen-bond acceptors (Lipinski definition) is 11. The summed E-state index contributed by atoms with van der Waals surface area (Å²) in [5, 5.41) is 2.38. The average Bonchev–Trinajstić information content (AvgIpc) is 3.43. The van der Waals surface area contributed by atoms with Gasteiger partial charge in [0.1, 0.15) is 24.6 Å². The van der Waals surface area contributed by atoms with E-state index < -0.39 is 29.4 Å². The number of halogens is 4. The monoisotopic (exact) mass is 819 g/mol. The second-order valence-electron chi connectivity index (χ2n) is 11.9. The lowest BCUT2D eigenvalue weighted by molar-refractivity contribution is -0.118. The van der Waals surface area contributed by atoms with Crippen LogP contribution in [0.2, 0.25) is 20.1 Å². The maximum atomic E-state index is 13.6. The number of rotatable bonds is 11. The molecule has 16 heteroatoms. The van der Waals surface area contributed by atoms with Crippen molar-refractivity contribution in [3.8, 4) is 28.7 Å². The first kappa shape index (κ1) is 38.4. The number of hydrogen-bond donors (Lipinski definition) is 1. The molecule has 2 amide bonds. The molecule has 0 bridgehead atoms. The van der Waals surface area contributed by atoms with E-state index in [1.807, 2.05) is 0 Å². The van der Waals surface area contributed by atoms with Crippen LogP contribution in [0.4, 0.5) is 4.79 Å². The van der Waals surface area contributed by atoms with E-state index in [2.05, 4.69) is 5.32 Å². The molecular weight excluding hydrogens is 792 g/mol. The molecule has 0 spiro atoms. The Bertz CT molecular complexity index is 2070. The Hall–Kier alpha value is -4.33. The fourth-order valence-electron chi connectivity index (χ4n) is 5.92. The van der Waals surface area contributed by atoms with Crippen LogP contribution in [0.5, 0.6) is 28.7 Å². The van der Waals surface area contributed by atoms with Crippen molar-refractivity contribution in [1.82, 2.24) is 5.32 Å². The summed E-state index contributed by atoms with van der Waals surface area (Å²) in [6.07, 6.45) is -1.18. The standard InChI is InChI=1S/C37H29Cl4NO10S/c1-17-29-27(51-35(44)19-9-21(38)13-22(39)10-19)15-26(16-49-25-6-4-18(5-7-25)8-28-34(43)42-37(46)53-28)50-31(29)33(48-3)32(47-2)30(17)52-36(45)20-11-23(40)14-24(41)12-20/h4-7,9-14,26-28H,8,15-16H2,1-3H3,(H,42,43,46). The van der Waals surface area contributed by atoms with E-state index in [1.165, 1.54) is 50.6 Å². The van der Waals surface area contributed by atoms with E-state index in [0.29, 0.717) is 23.3 Å². The number of fused-ring (bicyclic) bond motifs is 1. The van der Waals surface area contributed by atoms with Crippen LogP contribution in [0.1, 0.15) is 49.9 Å². The minimum Gasteiger partial charge on any atom is -0.490 e. The molecule has 3 unspecified atom stereocenters. The number of ether oxygens (including phenoxy) is 6. The molecule has 53 heavy (non-hydrogen) atoms. The third kappa shape index (κ3) is 8.74. The highest BCUT2D eigenvalue weighted by Gasteiger charge is 2.40. The van der Waals surface area contributed by atoms with Gasteiger partial charge in [0.25, 0.3) is 5.24 Å². The molecule has 6 rings (SSSR count). The molecule has 2 aliphatic heterocycles. The molecule has 1 saturated heterocycles. The molecule has 0 radical (unpaired) electrons. The molecular formula is C37H29Cl4NO10S. The highest BCUT2D eigenvalue weighted by Crippen LogP contribution is 2.55. The molecule has 276 valence electrons. The van der Waals surface area contributed by atoms with E-state index in [1.54, 1.807) is 31.2 Å². The molecule has 2 heterocycles. The number of amides is 2. The molecule has 1 N–H and O–H groups in total. The van der Waals surface area contributed by atoms with Gasteiger partial charge >= 0.3 is 11.9 Å². The first-order valence-corrected chi connectivity index (χ1v) is 18.3. The zero-order valence-electron chi connectivity index (χ0n) is 28.1. The first-order valence-electron chi connectivity index (χ1n) is 15.9. The number of imide groups is 1. The molecule has 3 atom stereocenters. The number of esters is 2. The summed E-state index contributed by atoms with van der Waals surface area (Å²) in [6, 6.07) is 15.7. The van der Waals surface area contributed by atoms with Crippen LogP contribution in [0.3, 0.4) is 0 Å². The number of methoxy groups -OCH3 is 2. The van der Waals surface area contributed by atoms with Gasteiger partial charge in [0, 0.05) is 37.6 Å². The maximum Gasteiger partial charge on any atom is 0.343 e. The van der Waals surface area contributed by atoms with E-state index in [0.717, 1.165) is 17.3 Å². The zero-order chi connectivity index (χ0) is 38.0. The summed E-state index contributed by atoms with van der Waals surface area (Å²) >= 11 is 25.6. The third-order valence-electron chi connectivity index (χ3n) is 8.29. The number of nitrogens with one attached hydrogen (secondary N) is 1.